The minimum Gasteiger partial charge on any atom is -0.309 e. The lowest BCUT2D eigenvalue weighted by Gasteiger charge is -2.24. The van der Waals surface area contributed by atoms with Crippen LogP contribution in [-0.4, -0.2) is 38.0 Å². The van der Waals surface area contributed by atoms with Crippen LogP contribution in [0.1, 0.15) is 40.7 Å². The molecule has 0 unspecified atom stereocenters. The number of hydrogen-bond donors (Lipinski definition) is 0. The van der Waals surface area contributed by atoms with Gasteiger partial charge in [0.25, 0.3) is 5.91 Å². The summed E-state index contributed by atoms with van der Waals surface area (Å²) >= 11 is 0. The van der Waals surface area contributed by atoms with Crippen molar-refractivity contribution in [3.8, 4) is 11.1 Å². The maximum atomic E-state index is 13.5. The third kappa shape index (κ3) is 5.79. The molecule has 0 aromatic heterocycles. The molecule has 0 N–H and O–H groups in total. The van der Waals surface area contributed by atoms with Crippen molar-refractivity contribution in [1.82, 2.24) is 4.90 Å². The molecular formula is C28H33ClN2O. The zero-order valence-electron chi connectivity index (χ0n) is 19.1. The largest absolute Gasteiger partial charge is 0.309 e. The van der Waals surface area contributed by atoms with E-state index < -0.39 is 0 Å². The Morgan fingerprint density at radius 1 is 0.906 bits per heavy atom. The predicted octanol–water partition coefficient (Wildman–Crippen LogP) is 6.25. The topological polar surface area (TPSA) is 23.6 Å². The van der Waals surface area contributed by atoms with E-state index in [9.17, 15) is 4.79 Å². The van der Waals surface area contributed by atoms with Gasteiger partial charge in [0.05, 0.1) is 0 Å². The van der Waals surface area contributed by atoms with E-state index in [4.69, 9.17) is 0 Å². The Morgan fingerprint density at radius 3 is 2.34 bits per heavy atom. The van der Waals surface area contributed by atoms with Crippen LogP contribution >= 0.6 is 12.4 Å². The fourth-order valence-corrected chi connectivity index (χ4v) is 4.34. The molecule has 32 heavy (non-hydrogen) atoms. The van der Waals surface area contributed by atoms with E-state index in [1.165, 1.54) is 16.7 Å². The molecule has 0 aliphatic carbocycles. The fraction of sp³-hybridized carbons (Fsp3) is 0.321. The second-order valence-electron chi connectivity index (χ2n) is 8.73. The molecule has 1 aliphatic heterocycles. The van der Waals surface area contributed by atoms with Crippen molar-refractivity contribution in [3.05, 3.63) is 89.5 Å². The van der Waals surface area contributed by atoms with Crippen LogP contribution in [0.2, 0.25) is 0 Å². The van der Waals surface area contributed by atoms with Crippen LogP contribution in [0.5, 0.6) is 0 Å². The number of carbonyl (C=O) groups excluding carboxylic acids is 1. The fourth-order valence-electron chi connectivity index (χ4n) is 4.34. The molecule has 168 valence electrons. The molecule has 0 fully saturated rings. The van der Waals surface area contributed by atoms with Crippen LogP contribution in [0.4, 0.5) is 5.69 Å². The van der Waals surface area contributed by atoms with E-state index in [0.717, 1.165) is 62.0 Å². The van der Waals surface area contributed by atoms with Crippen molar-refractivity contribution in [1.29, 1.82) is 0 Å². The normalized spacial score (nSPS) is 13.3. The van der Waals surface area contributed by atoms with E-state index in [2.05, 4.69) is 61.5 Å². The van der Waals surface area contributed by atoms with E-state index in [1.807, 2.05) is 35.2 Å². The van der Waals surface area contributed by atoms with Gasteiger partial charge in [-0.25, -0.2) is 0 Å². The molecule has 0 saturated carbocycles. The lowest BCUT2D eigenvalue weighted by atomic mass is 10.0. The summed E-state index contributed by atoms with van der Waals surface area (Å²) in [4.78, 5) is 17.7. The molecule has 4 rings (SSSR count). The van der Waals surface area contributed by atoms with Gasteiger partial charge < -0.3 is 9.80 Å². The summed E-state index contributed by atoms with van der Waals surface area (Å²) in [6, 6.07) is 25.1. The van der Waals surface area contributed by atoms with Gasteiger partial charge in [0, 0.05) is 17.8 Å². The van der Waals surface area contributed by atoms with Crippen molar-refractivity contribution in [3.63, 3.8) is 0 Å². The molecule has 0 bridgehead atoms. The number of halogens is 1. The van der Waals surface area contributed by atoms with Crippen LogP contribution in [0.25, 0.3) is 11.1 Å². The number of benzene rings is 3. The van der Waals surface area contributed by atoms with Gasteiger partial charge in [-0.15, -0.1) is 12.4 Å². The number of fused-ring (bicyclic) bond motifs is 1. The summed E-state index contributed by atoms with van der Waals surface area (Å²) in [6.45, 7) is 1.86. The van der Waals surface area contributed by atoms with E-state index in [0.29, 0.717) is 0 Å². The number of aryl methyl sites for hydroxylation is 2. The SMILES string of the molecule is CN(C)CCCc1ccc2c(c1)N(C(=O)c1ccc(-c3ccccc3)cc1)CCCC2.Cl. The van der Waals surface area contributed by atoms with Gasteiger partial charge in [-0.05, 0) is 93.2 Å². The predicted molar refractivity (Wildman–Crippen MR) is 137 cm³/mol. The van der Waals surface area contributed by atoms with Gasteiger partial charge in [0.15, 0.2) is 0 Å². The highest BCUT2D eigenvalue weighted by molar-refractivity contribution is 6.06. The Bertz CT molecular complexity index is 1020. The average Bonchev–Trinajstić information content (AvgIpc) is 3.01. The molecule has 0 radical (unpaired) electrons. The van der Waals surface area contributed by atoms with E-state index >= 15 is 0 Å². The molecule has 1 aliphatic rings. The summed E-state index contributed by atoms with van der Waals surface area (Å²) in [6.07, 6.45) is 5.38. The number of nitrogens with zero attached hydrogens (tertiary/aromatic N) is 2. The van der Waals surface area contributed by atoms with Crippen LogP contribution in [0.15, 0.2) is 72.8 Å². The van der Waals surface area contributed by atoms with E-state index in [-0.39, 0.29) is 18.3 Å². The summed E-state index contributed by atoms with van der Waals surface area (Å²) in [5, 5.41) is 0. The zero-order valence-corrected chi connectivity index (χ0v) is 19.9. The van der Waals surface area contributed by atoms with Gasteiger partial charge in [-0.2, -0.15) is 0 Å². The molecule has 3 nitrogen and oxygen atoms in total. The molecule has 0 spiro atoms. The molecule has 1 amide bonds. The second kappa shape index (κ2) is 11.3. The second-order valence-corrected chi connectivity index (χ2v) is 8.73. The molecule has 0 saturated heterocycles. The first-order chi connectivity index (χ1) is 15.1. The standard InChI is InChI=1S/C28H32N2O.ClH/c1-29(2)19-8-9-22-13-14-25-12-6-7-20-30(27(25)21-22)28(31)26-17-15-24(16-18-26)23-10-4-3-5-11-23;/h3-5,10-11,13-18,21H,6-9,12,19-20H2,1-2H3;1H. The van der Waals surface area contributed by atoms with Crippen molar-refractivity contribution in [2.24, 2.45) is 0 Å². The minimum absolute atomic E-state index is 0. The van der Waals surface area contributed by atoms with Gasteiger partial charge >= 0.3 is 0 Å². The maximum Gasteiger partial charge on any atom is 0.258 e. The molecule has 3 aromatic carbocycles. The van der Waals surface area contributed by atoms with Crippen molar-refractivity contribution in [2.45, 2.75) is 32.1 Å². The molecule has 1 heterocycles. The summed E-state index contributed by atoms with van der Waals surface area (Å²) < 4.78 is 0. The third-order valence-corrected chi connectivity index (χ3v) is 6.07. The van der Waals surface area contributed by atoms with Gasteiger partial charge in [-0.1, -0.05) is 54.6 Å². The van der Waals surface area contributed by atoms with Gasteiger partial charge in [0.1, 0.15) is 0 Å². The highest BCUT2D eigenvalue weighted by Crippen LogP contribution is 2.30. The smallest absolute Gasteiger partial charge is 0.258 e. The van der Waals surface area contributed by atoms with Gasteiger partial charge in [-0.3, -0.25) is 4.79 Å². The lowest BCUT2D eigenvalue weighted by Crippen LogP contribution is -2.31. The van der Waals surface area contributed by atoms with Crippen molar-refractivity contribution < 1.29 is 4.79 Å². The minimum atomic E-state index is 0. The summed E-state index contributed by atoms with van der Waals surface area (Å²) in [5.41, 5.74) is 6.78. The Morgan fingerprint density at radius 2 is 1.62 bits per heavy atom. The number of rotatable bonds is 6. The molecule has 4 heteroatoms. The monoisotopic (exact) mass is 448 g/mol. The van der Waals surface area contributed by atoms with Crippen LogP contribution in [0.3, 0.4) is 0 Å². The number of anilines is 1. The number of hydrogen-bond acceptors (Lipinski definition) is 2. The third-order valence-electron chi connectivity index (χ3n) is 6.07. The van der Waals surface area contributed by atoms with E-state index in [1.54, 1.807) is 0 Å². The lowest BCUT2D eigenvalue weighted by molar-refractivity contribution is 0.0987. The number of carbonyl (C=O) groups is 1. The van der Waals surface area contributed by atoms with Gasteiger partial charge in [0.2, 0.25) is 0 Å². The first-order valence-electron chi connectivity index (χ1n) is 11.4. The maximum absolute atomic E-state index is 13.5. The highest BCUT2D eigenvalue weighted by atomic mass is 35.5. The Kier molecular flexibility index (Phi) is 8.49. The first-order valence-corrected chi connectivity index (χ1v) is 11.4. The quantitative estimate of drug-likeness (QED) is 0.444. The van der Waals surface area contributed by atoms with Crippen molar-refractivity contribution >= 4 is 24.0 Å². The summed E-state index contributed by atoms with van der Waals surface area (Å²) in [7, 11) is 4.22. The molecule has 0 atom stereocenters. The Balaban J connectivity index is 0.00000289. The number of amides is 1. The summed E-state index contributed by atoms with van der Waals surface area (Å²) in [5.74, 6) is 0.105. The zero-order chi connectivity index (χ0) is 21.6. The average molecular weight is 449 g/mol. The first kappa shape index (κ1) is 24.0. The van der Waals surface area contributed by atoms with Crippen LogP contribution < -0.4 is 4.90 Å². The Labute approximate surface area is 198 Å². The Hall–Kier alpha value is -2.62. The highest BCUT2D eigenvalue weighted by Gasteiger charge is 2.22. The van der Waals surface area contributed by atoms with Crippen LogP contribution in [0, 0.1) is 0 Å². The van der Waals surface area contributed by atoms with Crippen molar-refractivity contribution in [2.75, 3.05) is 32.1 Å². The molecule has 3 aromatic rings. The van der Waals surface area contributed by atoms with Crippen LogP contribution in [-0.2, 0) is 12.8 Å². The molecular weight excluding hydrogens is 416 g/mol.